The molecule has 5 rings (SSSR count). The van der Waals surface area contributed by atoms with Crippen LogP contribution >= 0.6 is 0 Å². The van der Waals surface area contributed by atoms with Crippen molar-refractivity contribution in [1.29, 1.82) is 0 Å². The van der Waals surface area contributed by atoms with E-state index in [4.69, 9.17) is 9.72 Å². The number of amides is 1. The molecule has 2 aromatic heterocycles. The molecule has 1 aliphatic carbocycles. The SMILES string of the molecule is COC(=O)N1c2ccc3c(nc(Cc4ccc(C(F)(F)F)nn4)n3[C@@H]3CCC[C@@H](C(=O)O)C3)c2CCC1C. The Labute approximate surface area is 216 Å². The molecule has 0 spiro atoms. The third kappa shape index (κ3) is 4.67. The number of alkyl halides is 3. The van der Waals surface area contributed by atoms with Gasteiger partial charge in [0.25, 0.3) is 0 Å². The zero-order valence-corrected chi connectivity index (χ0v) is 21.0. The summed E-state index contributed by atoms with van der Waals surface area (Å²) >= 11 is 0. The van der Waals surface area contributed by atoms with Crippen molar-refractivity contribution in [2.24, 2.45) is 5.92 Å². The molecule has 3 aromatic rings. The van der Waals surface area contributed by atoms with E-state index in [-0.39, 0.29) is 18.5 Å². The number of halogens is 3. The van der Waals surface area contributed by atoms with E-state index in [0.717, 1.165) is 30.0 Å². The van der Waals surface area contributed by atoms with Gasteiger partial charge in [-0.3, -0.25) is 9.69 Å². The Morgan fingerprint density at radius 2 is 1.92 bits per heavy atom. The Morgan fingerprint density at radius 3 is 2.58 bits per heavy atom. The van der Waals surface area contributed by atoms with E-state index in [1.807, 2.05) is 23.6 Å². The summed E-state index contributed by atoms with van der Waals surface area (Å²) in [4.78, 5) is 30.9. The smallest absolute Gasteiger partial charge is 0.435 e. The van der Waals surface area contributed by atoms with Gasteiger partial charge in [-0.05, 0) is 63.3 Å². The molecule has 9 nitrogen and oxygen atoms in total. The van der Waals surface area contributed by atoms with Crippen LogP contribution in [-0.4, -0.2) is 50.1 Å². The molecule has 0 radical (unpaired) electrons. The molecule has 0 bridgehead atoms. The van der Waals surface area contributed by atoms with E-state index in [1.54, 1.807) is 4.90 Å². The minimum absolute atomic E-state index is 0.0638. The molecule has 0 saturated heterocycles. The predicted molar refractivity (Wildman–Crippen MR) is 131 cm³/mol. The van der Waals surface area contributed by atoms with Crippen molar-refractivity contribution < 1.29 is 32.6 Å². The lowest BCUT2D eigenvalue weighted by Crippen LogP contribution is -2.42. The van der Waals surface area contributed by atoms with E-state index in [2.05, 4.69) is 10.2 Å². The number of nitrogens with zero attached hydrogens (tertiary/aromatic N) is 5. The number of carbonyl (C=O) groups excluding carboxylic acids is 1. The van der Waals surface area contributed by atoms with Crippen molar-refractivity contribution in [3.63, 3.8) is 0 Å². The summed E-state index contributed by atoms with van der Waals surface area (Å²) in [7, 11) is 1.34. The zero-order chi connectivity index (χ0) is 27.2. The average molecular weight is 532 g/mol. The zero-order valence-electron chi connectivity index (χ0n) is 21.0. The molecule has 38 heavy (non-hydrogen) atoms. The first-order valence-electron chi connectivity index (χ1n) is 12.6. The number of methoxy groups -OCH3 is 1. The van der Waals surface area contributed by atoms with Crippen molar-refractivity contribution in [2.45, 2.75) is 70.1 Å². The summed E-state index contributed by atoms with van der Waals surface area (Å²) in [5.74, 6) is -0.755. The fraction of sp³-hybridized carbons (Fsp3) is 0.500. The number of carboxylic acid groups (broad SMARTS) is 1. The van der Waals surface area contributed by atoms with Gasteiger partial charge in [-0.25, -0.2) is 9.78 Å². The first-order chi connectivity index (χ1) is 18.1. The third-order valence-electron chi connectivity index (χ3n) is 7.61. The average Bonchev–Trinajstić information content (AvgIpc) is 3.26. The minimum Gasteiger partial charge on any atom is -0.481 e. The van der Waals surface area contributed by atoms with Crippen molar-refractivity contribution in [3.05, 3.63) is 47.0 Å². The fourth-order valence-electron chi connectivity index (χ4n) is 5.75. The Balaban J connectivity index is 1.62. The van der Waals surface area contributed by atoms with E-state index in [9.17, 15) is 27.9 Å². The Hall–Kier alpha value is -3.70. The van der Waals surface area contributed by atoms with Crippen LogP contribution in [-0.2, 0) is 28.5 Å². The number of carboxylic acids is 1. The van der Waals surface area contributed by atoms with Gasteiger partial charge in [-0.1, -0.05) is 6.42 Å². The van der Waals surface area contributed by atoms with Gasteiger partial charge in [0.1, 0.15) is 5.82 Å². The number of aryl methyl sites for hydroxylation is 1. The van der Waals surface area contributed by atoms with Crippen LogP contribution in [0.25, 0.3) is 11.0 Å². The monoisotopic (exact) mass is 531 g/mol. The summed E-state index contributed by atoms with van der Waals surface area (Å²) in [5.41, 5.74) is 2.33. The molecule has 3 atom stereocenters. The number of fused-ring (bicyclic) bond motifs is 3. The highest BCUT2D eigenvalue weighted by molar-refractivity contribution is 5.95. The Kier molecular flexibility index (Phi) is 6.74. The van der Waals surface area contributed by atoms with Gasteiger partial charge in [0.05, 0.1) is 41.9 Å². The molecule has 1 aliphatic heterocycles. The third-order valence-corrected chi connectivity index (χ3v) is 7.61. The van der Waals surface area contributed by atoms with Crippen LogP contribution in [0.1, 0.15) is 67.8 Å². The summed E-state index contributed by atoms with van der Waals surface area (Å²) in [6, 6.07) is 5.71. The Morgan fingerprint density at radius 1 is 1.13 bits per heavy atom. The number of anilines is 1. The molecule has 2 aliphatic rings. The van der Waals surface area contributed by atoms with Crippen LogP contribution in [0.3, 0.4) is 0 Å². The molecule has 1 fully saturated rings. The number of benzene rings is 1. The minimum atomic E-state index is -4.59. The lowest BCUT2D eigenvalue weighted by Gasteiger charge is -2.34. The topological polar surface area (TPSA) is 110 Å². The predicted octanol–water partition coefficient (Wildman–Crippen LogP) is 5.16. The molecular formula is C26H28F3N5O4. The summed E-state index contributed by atoms with van der Waals surface area (Å²) in [6.45, 7) is 1.95. The van der Waals surface area contributed by atoms with Crippen LogP contribution in [0, 0.1) is 5.92 Å². The molecule has 1 unspecified atom stereocenters. The number of ether oxygens (including phenoxy) is 1. The molecule has 1 aromatic carbocycles. The number of carbonyl (C=O) groups is 2. The van der Waals surface area contributed by atoms with Crippen molar-refractivity contribution in [3.8, 4) is 0 Å². The number of aliphatic carboxylic acids is 1. The quantitative estimate of drug-likeness (QED) is 0.495. The molecule has 1 amide bonds. The maximum absolute atomic E-state index is 13.0. The highest BCUT2D eigenvalue weighted by Crippen LogP contribution is 2.41. The second-order valence-electron chi connectivity index (χ2n) is 10.00. The van der Waals surface area contributed by atoms with Gasteiger partial charge in [0.15, 0.2) is 5.69 Å². The van der Waals surface area contributed by atoms with Crippen LogP contribution in [0.15, 0.2) is 24.3 Å². The second kappa shape index (κ2) is 9.88. The van der Waals surface area contributed by atoms with Crippen LogP contribution in [0.5, 0.6) is 0 Å². The Bertz CT molecular complexity index is 1370. The van der Waals surface area contributed by atoms with Crippen LogP contribution in [0.2, 0.25) is 0 Å². The fourth-order valence-corrected chi connectivity index (χ4v) is 5.75. The van der Waals surface area contributed by atoms with E-state index in [1.165, 1.54) is 13.2 Å². The van der Waals surface area contributed by atoms with Gasteiger partial charge in [0.2, 0.25) is 0 Å². The molecule has 1 N–H and O–H groups in total. The van der Waals surface area contributed by atoms with Gasteiger partial charge in [-0.15, -0.1) is 5.10 Å². The summed E-state index contributed by atoms with van der Waals surface area (Å²) in [5, 5.41) is 16.8. The number of aromatic nitrogens is 4. The molecule has 202 valence electrons. The first kappa shape index (κ1) is 25.9. The van der Waals surface area contributed by atoms with E-state index < -0.39 is 29.9 Å². The standard InChI is InChI=1S/C26H28F3N5O4/c1-14-6-8-18-19(33(14)25(37)38-2)9-10-20-23(18)30-22(13-16-7-11-21(32-31-16)26(27,28)29)34(20)17-5-3-4-15(12-17)24(35)36/h7,9-11,14-15,17H,3-6,8,12-13H2,1-2H3,(H,35,36)/t14?,15-,17-/m1/s1. The van der Waals surface area contributed by atoms with Gasteiger partial charge >= 0.3 is 18.2 Å². The molecule has 12 heteroatoms. The number of imidazole rings is 1. The largest absolute Gasteiger partial charge is 0.481 e. The van der Waals surface area contributed by atoms with Crippen molar-refractivity contribution >= 4 is 28.8 Å². The van der Waals surface area contributed by atoms with E-state index in [0.29, 0.717) is 48.4 Å². The number of hydrogen-bond acceptors (Lipinski definition) is 6. The van der Waals surface area contributed by atoms with Crippen molar-refractivity contribution in [2.75, 3.05) is 12.0 Å². The van der Waals surface area contributed by atoms with E-state index >= 15 is 0 Å². The normalized spacial score (nSPS) is 21.8. The van der Waals surface area contributed by atoms with Crippen molar-refractivity contribution in [1.82, 2.24) is 19.7 Å². The summed E-state index contributed by atoms with van der Waals surface area (Å²) < 4.78 is 46.0. The molecule has 1 saturated carbocycles. The molecular weight excluding hydrogens is 503 g/mol. The van der Waals surface area contributed by atoms with Crippen LogP contribution in [0.4, 0.5) is 23.7 Å². The van der Waals surface area contributed by atoms with Gasteiger partial charge in [-0.2, -0.15) is 18.3 Å². The molecule has 3 heterocycles. The number of rotatable bonds is 4. The second-order valence-corrected chi connectivity index (χ2v) is 10.00. The highest BCUT2D eigenvalue weighted by atomic mass is 19.4. The lowest BCUT2D eigenvalue weighted by molar-refractivity contribution is -0.143. The first-order valence-corrected chi connectivity index (χ1v) is 12.6. The number of hydrogen-bond donors (Lipinski definition) is 1. The van der Waals surface area contributed by atoms with Gasteiger partial charge in [0, 0.05) is 17.6 Å². The highest BCUT2D eigenvalue weighted by Gasteiger charge is 2.35. The summed E-state index contributed by atoms with van der Waals surface area (Å²) in [6.07, 6.45) is -1.03. The maximum Gasteiger partial charge on any atom is 0.435 e. The van der Waals surface area contributed by atoms with Crippen LogP contribution < -0.4 is 4.90 Å². The van der Waals surface area contributed by atoms with Gasteiger partial charge < -0.3 is 14.4 Å². The lowest BCUT2D eigenvalue weighted by atomic mass is 9.85. The maximum atomic E-state index is 13.0.